The van der Waals surface area contributed by atoms with Gasteiger partial charge < -0.3 is 15.3 Å². The molecular formula is C18H17Cl2N3OS. The van der Waals surface area contributed by atoms with Gasteiger partial charge in [-0.1, -0.05) is 34.5 Å². The average Bonchev–Trinajstić information content (AvgIpc) is 3.02. The molecule has 1 aromatic heterocycles. The van der Waals surface area contributed by atoms with Crippen LogP contribution in [0.1, 0.15) is 12.8 Å². The zero-order valence-corrected chi connectivity index (χ0v) is 15.7. The van der Waals surface area contributed by atoms with Gasteiger partial charge in [-0.2, -0.15) is 0 Å². The predicted molar refractivity (Wildman–Crippen MR) is 107 cm³/mol. The van der Waals surface area contributed by atoms with Crippen LogP contribution in [0.2, 0.25) is 10.0 Å². The molecule has 3 aromatic rings. The number of anilines is 2. The normalized spacial score (nSPS) is 15.7. The van der Waals surface area contributed by atoms with Crippen LogP contribution in [-0.4, -0.2) is 29.2 Å². The summed E-state index contributed by atoms with van der Waals surface area (Å²) in [6.45, 7) is 1.90. The highest BCUT2D eigenvalue weighted by Crippen LogP contribution is 2.33. The molecule has 0 amide bonds. The lowest BCUT2D eigenvalue weighted by Gasteiger charge is -2.32. The van der Waals surface area contributed by atoms with Gasteiger partial charge in [0.25, 0.3) is 0 Å². The summed E-state index contributed by atoms with van der Waals surface area (Å²) in [5, 5.41) is 15.3. The van der Waals surface area contributed by atoms with Gasteiger partial charge in [-0.25, -0.2) is 4.98 Å². The second-order valence-electron chi connectivity index (χ2n) is 6.18. The standard InChI is InChI=1S/C18H17Cl2N3OS/c19-14-3-1-12(9-15(14)20)21-11-5-7-23(8-6-11)18-22-16-4-2-13(24)10-17(16)25-18/h1-4,9-11,21,24H,5-8H2. The Balaban J connectivity index is 1.41. The summed E-state index contributed by atoms with van der Waals surface area (Å²) < 4.78 is 1.02. The van der Waals surface area contributed by atoms with Crippen LogP contribution in [0, 0.1) is 0 Å². The molecule has 0 bridgehead atoms. The Morgan fingerprint density at radius 1 is 1.08 bits per heavy atom. The third kappa shape index (κ3) is 3.64. The summed E-state index contributed by atoms with van der Waals surface area (Å²) in [6, 6.07) is 11.4. The Bertz CT molecular complexity index is 906. The van der Waals surface area contributed by atoms with Crippen LogP contribution in [0.4, 0.5) is 10.8 Å². The van der Waals surface area contributed by atoms with Crippen molar-refractivity contribution >= 4 is 55.6 Å². The number of aromatic nitrogens is 1. The van der Waals surface area contributed by atoms with Gasteiger partial charge in [0.15, 0.2) is 5.13 Å². The van der Waals surface area contributed by atoms with Crippen molar-refractivity contribution in [1.29, 1.82) is 0 Å². The Morgan fingerprint density at radius 3 is 2.64 bits per heavy atom. The number of hydrogen-bond acceptors (Lipinski definition) is 5. The molecule has 4 nitrogen and oxygen atoms in total. The third-order valence-corrected chi connectivity index (χ3v) is 6.23. The van der Waals surface area contributed by atoms with Crippen molar-refractivity contribution in [3.05, 3.63) is 46.4 Å². The maximum atomic E-state index is 9.60. The SMILES string of the molecule is Oc1ccc2nc(N3CCC(Nc4ccc(Cl)c(Cl)c4)CC3)sc2c1. The lowest BCUT2D eigenvalue weighted by Crippen LogP contribution is -2.39. The molecule has 2 aromatic carbocycles. The van der Waals surface area contributed by atoms with Gasteiger partial charge >= 0.3 is 0 Å². The molecule has 1 saturated heterocycles. The highest BCUT2D eigenvalue weighted by molar-refractivity contribution is 7.22. The van der Waals surface area contributed by atoms with Crippen LogP contribution in [0.15, 0.2) is 36.4 Å². The molecule has 0 radical (unpaired) electrons. The minimum atomic E-state index is 0.284. The van der Waals surface area contributed by atoms with Gasteiger partial charge in [0, 0.05) is 24.8 Å². The van der Waals surface area contributed by atoms with E-state index in [4.69, 9.17) is 23.2 Å². The first kappa shape index (κ1) is 16.8. The van der Waals surface area contributed by atoms with Crippen LogP contribution < -0.4 is 10.2 Å². The molecule has 4 rings (SSSR count). The number of phenols is 1. The summed E-state index contributed by atoms with van der Waals surface area (Å²) in [4.78, 5) is 7.00. The number of nitrogens with zero attached hydrogens (tertiary/aromatic N) is 2. The Labute approximate surface area is 160 Å². The second kappa shape index (κ2) is 6.90. The van der Waals surface area contributed by atoms with E-state index in [0.717, 1.165) is 47.0 Å². The maximum Gasteiger partial charge on any atom is 0.186 e. The molecule has 1 aliphatic heterocycles. The van der Waals surface area contributed by atoms with Crippen molar-refractivity contribution in [3.63, 3.8) is 0 Å². The van der Waals surface area contributed by atoms with E-state index in [-0.39, 0.29) is 5.75 Å². The Hall–Kier alpha value is -1.69. The van der Waals surface area contributed by atoms with Gasteiger partial charge in [-0.15, -0.1) is 0 Å². The first-order valence-electron chi connectivity index (χ1n) is 8.14. The summed E-state index contributed by atoms with van der Waals surface area (Å²) in [6.07, 6.45) is 2.06. The van der Waals surface area contributed by atoms with Gasteiger partial charge in [0.1, 0.15) is 5.75 Å². The van der Waals surface area contributed by atoms with Crippen LogP contribution in [0.5, 0.6) is 5.75 Å². The molecule has 130 valence electrons. The number of nitrogens with one attached hydrogen (secondary N) is 1. The van der Waals surface area contributed by atoms with E-state index < -0.39 is 0 Å². The van der Waals surface area contributed by atoms with E-state index in [2.05, 4.69) is 15.2 Å². The zero-order valence-electron chi connectivity index (χ0n) is 13.4. The van der Waals surface area contributed by atoms with Crippen LogP contribution in [0.3, 0.4) is 0 Å². The molecule has 2 heterocycles. The number of halogens is 2. The summed E-state index contributed by atoms with van der Waals surface area (Å²) in [5.41, 5.74) is 1.94. The fraction of sp³-hybridized carbons (Fsp3) is 0.278. The molecule has 1 aliphatic rings. The number of rotatable bonds is 3. The predicted octanol–water partition coefficient (Wildman–Crippen LogP) is 5.39. The van der Waals surface area contributed by atoms with Crippen molar-refractivity contribution in [2.75, 3.05) is 23.3 Å². The highest BCUT2D eigenvalue weighted by Gasteiger charge is 2.21. The number of aromatic hydroxyl groups is 1. The maximum absolute atomic E-state index is 9.60. The molecule has 7 heteroatoms. The number of piperidine rings is 1. The minimum Gasteiger partial charge on any atom is -0.508 e. The van der Waals surface area contributed by atoms with Crippen molar-refractivity contribution in [2.24, 2.45) is 0 Å². The fourth-order valence-electron chi connectivity index (χ4n) is 3.07. The van der Waals surface area contributed by atoms with Gasteiger partial charge in [0.2, 0.25) is 0 Å². The largest absolute Gasteiger partial charge is 0.508 e. The Morgan fingerprint density at radius 2 is 1.88 bits per heavy atom. The highest BCUT2D eigenvalue weighted by atomic mass is 35.5. The van der Waals surface area contributed by atoms with Crippen molar-refractivity contribution in [3.8, 4) is 5.75 Å². The lowest BCUT2D eigenvalue weighted by molar-refractivity contribution is 0.476. The van der Waals surface area contributed by atoms with E-state index in [0.29, 0.717) is 16.1 Å². The monoisotopic (exact) mass is 393 g/mol. The number of fused-ring (bicyclic) bond motifs is 1. The topological polar surface area (TPSA) is 48.4 Å². The number of hydrogen-bond donors (Lipinski definition) is 2. The molecule has 25 heavy (non-hydrogen) atoms. The van der Waals surface area contributed by atoms with Crippen molar-refractivity contribution in [1.82, 2.24) is 4.98 Å². The molecule has 0 spiro atoms. The quantitative estimate of drug-likeness (QED) is 0.625. The smallest absolute Gasteiger partial charge is 0.186 e. The molecular weight excluding hydrogens is 377 g/mol. The van der Waals surface area contributed by atoms with Crippen molar-refractivity contribution in [2.45, 2.75) is 18.9 Å². The van der Waals surface area contributed by atoms with E-state index in [9.17, 15) is 5.11 Å². The summed E-state index contributed by atoms with van der Waals surface area (Å²) in [7, 11) is 0. The van der Waals surface area contributed by atoms with Crippen LogP contribution in [-0.2, 0) is 0 Å². The van der Waals surface area contributed by atoms with E-state index in [1.807, 2.05) is 24.3 Å². The average molecular weight is 394 g/mol. The first-order valence-corrected chi connectivity index (χ1v) is 9.72. The van der Waals surface area contributed by atoms with Crippen molar-refractivity contribution < 1.29 is 5.11 Å². The van der Waals surface area contributed by atoms with E-state index in [1.165, 1.54) is 0 Å². The number of benzene rings is 2. The molecule has 2 N–H and O–H groups in total. The van der Waals surface area contributed by atoms with E-state index >= 15 is 0 Å². The fourth-order valence-corrected chi connectivity index (χ4v) is 4.42. The molecule has 0 aliphatic carbocycles. The first-order chi connectivity index (χ1) is 12.1. The molecule has 1 fully saturated rings. The second-order valence-corrected chi connectivity index (χ2v) is 8.01. The van der Waals surface area contributed by atoms with Crippen LogP contribution in [0.25, 0.3) is 10.2 Å². The van der Waals surface area contributed by atoms with E-state index in [1.54, 1.807) is 23.5 Å². The zero-order chi connectivity index (χ0) is 17.4. The van der Waals surface area contributed by atoms with Gasteiger partial charge in [0.05, 0.1) is 20.3 Å². The minimum absolute atomic E-state index is 0.284. The number of thiazole rings is 1. The summed E-state index contributed by atoms with van der Waals surface area (Å²) >= 11 is 13.7. The lowest BCUT2D eigenvalue weighted by atomic mass is 10.1. The van der Waals surface area contributed by atoms with Gasteiger partial charge in [-0.3, -0.25) is 0 Å². The van der Waals surface area contributed by atoms with Crippen LogP contribution >= 0.6 is 34.5 Å². The molecule has 0 atom stereocenters. The Kier molecular flexibility index (Phi) is 4.63. The van der Waals surface area contributed by atoms with Gasteiger partial charge in [-0.05, 0) is 49.2 Å². The number of phenolic OH excluding ortho intramolecular Hbond substituents is 1. The molecule has 0 unspecified atom stereocenters. The third-order valence-electron chi connectivity index (χ3n) is 4.42. The molecule has 0 saturated carbocycles. The summed E-state index contributed by atoms with van der Waals surface area (Å²) in [5.74, 6) is 0.284.